The van der Waals surface area contributed by atoms with Gasteiger partial charge in [0.25, 0.3) is 5.91 Å². The lowest BCUT2D eigenvalue weighted by Gasteiger charge is -2.23. The number of benzene rings is 2. The number of hydrogen-bond donors (Lipinski definition) is 2. The number of nitrogens with zero attached hydrogens (tertiary/aromatic N) is 1. The molecule has 0 saturated carbocycles. The van der Waals surface area contributed by atoms with E-state index in [4.69, 9.17) is 11.6 Å². The Hall–Kier alpha value is -2.93. The van der Waals surface area contributed by atoms with Gasteiger partial charge in [0.15, 0.2) is 0 Å². The molecule has 2 aromatic carbocycles. The molecule has 6 nitrogen and oxygen atoms in total. The summed E-state index contributed by atoms with van der Waals surface area (Å²) >= 11 is 6.06. The molecule has 1 saturated heterocycles. The number of anilines is 1. The molecule has 2 N–H and O–H groups in total. The SMILES string of the molecule is CCc1cccc(NC(=O)CN2C(=O)NC(C)(c3ccc(F)cc3Cl)C2=O)c1. The second kappa shape index (κ2) is 7.59. The van der Waals surface area contributed by atoms with Crippen LogP contribution in [-0.2, 0) is 21.5 Å². The summed E-state index contributed by atoms with van der Waals surface area (Å²) in [4.78, 5) is 38.4. The molecule has 1 aliphatic heterocycles. The number of aryl methyl sites for hydroxylation is 1. The normalized spacial score (nSPS) is 18.9. The van der Waals surface area contributed by atoms with Gasteiger partial charge in [-0.05, 0) is 43.2 Å². The average Bonchev–Trinajstić information content (AvgIpc) is 2.85. The molecular formula is C20H19ClFN3O3. The molecule has 1 aliphatic rings. The van der Waals surface area contributed by atoms with Crippen LogP contribution in [0.5, 0.6) is 0 Å². The van der Waals surface area contributed by atoms with Gasteiger partial charge in [0.05, 0.1) is 0 Å². The fourth-order valence-corrected chi connectivity index (χ4v) is 3.49. The van der Waals surface area contributed by atoms with E-state index in [1.807, 2.05) is 25.1 Å². The van der Waals surface area contributed by atoms with Crippen LogP contribution in [0.25, 0.3) is 0 Å². The third-order valence-corrected chi connectivity index (χ3v) is 4.98. The minimum atomic E-state index is -1.48. The number of imide groups is 1. The van der Waals surface area contributed by atoms with Gasteiger partial charge < -0.3 is 10.6 Å². The van der Waals surface area contributed by atoms with Crippen molar-refractivity contribution in [3.05, 3.63) is 64.4 Å². The Kier molecular flexibility index (Phi) is 5.38. The molecule has 1 unspecified atom stereocenters. The van der Waals surface area contributed by atoms with Crippen molar-refractivity contribution in [3.8, 4) is 0 Å². The maximum Gasteiger partial charge on any atom is 0.325 e. The van der Waals surface area contributed by atoms with E-state index in [-0.39, 0.29) is 10.6 Å². The van der Waals surface area contributed by atoms with Crippen molar-refractivity contribution >= 4 is 35.1 Å². The molecule has 28 heavy (non-hydrogen) atoms. The van der Waals surface area contributed by atoms with Crippen molar-refractivity contribution < 1.29 is 18.8 Å². The average molecular weight is 404 g/mol. The van der Waals surface area contributed by atoms with E-state index >= 15 is 0 Å². The first-order chi connectivity index (χ1) is 13.2. The van der Waals surface area contributed by atoms with E-state index < -0.39 is 35.7 Å². The third-order valence-electron chi connectivity index (χ3n) is 4.67. The summed E-state index contributed by atoms with van der Waals surface area (Å²) in [5.41, 5.74) is 0.407. The molecule has 0 aliphatic carbocycles. The first-order valence-corrected chi connectivity index (χ1v) is 9.11. The topological polar surface area (TPSA) is 78.5 Å². The molecule has 0 radical (unpaired) electrons. The van der Waals surface area contributed by atoms with E-state index in [1.165, 1.54) is 13.0 Å². The van der Waals surface area contributed by atoms with Gasteiger partial charge in [0, 0.05) is 16.3 Å². The smallest absolute Gasteiger partial charge is 0.325 e. The predicted octanol–water partition coefficient (Wildman–Crippen LogP) is 3.45. The van der Waals surface area contributed by atoms with Crippen LogP contribution in [0.4, 0.5) is 14.9 Å². The number of carbonyl (C=O) groups excluding carboxylic acids is 3. The van der Waals surface area contributed by atoms with Gasteiger partial charge in [-0.25, -0.2) is 9.18 Å². The van der Waals surface area contributed by atoms with E-state index in [1.54, 1.807) is 6.07 Å². The largest absolute Gasteiger partial charge is 0.325 e. The Bertz CT molecular complexity index is 965. The number of amides is 4. The van der Waals surface area contributed by atoms with Crippen molar-refractivity contribution in [2.75, 3.05) is 11.9 Å². The first kappa shape index (κ1) is 19.8. The molecule has 3 rings (SSSR count). The molecule has 1 atom stereocenters. The van der Waals surface area contributed by atoms with Crippen molar-refractivity contribution in [1.29, 1.82) is 0 Å². The minimum Gasteiger partial charge on any atom is -0.325 e. The molecule has 2 aromatic rings. The number of hydrogen-bond acceptors (Lipinski definition) is 3. The molecule has 4 amide bonds. The van der Waals surface area contributed by atoms with Crippen LogP contribution in [0.15, 0.2) is 42.5 Å². The van der Waals surface area contributed by atoms with E-state index in [0.29, 0.717) is 5.69 Å². The summed E-state index contributed by atoms with van der Waals surface area (Å²) < 4.78 is 13.3. The summed E-state index contributed by atoms with van der Waals surface area (Å²) in [7, 11) is 0. The fraction of sp³-hybridized carbons (Fsp3) is 0.250. The number of rotatable bonds is 5. The number of carbonyl (C=O) groups is 3. The predicted molar refractivity (Wildman–Crippen MR) is 103 cm³/mol. The highest BCUT2D eigenvalue weighted by Gasteiger charge is 2.50. The van der Waals surface area contributed by atoms with Gasteiger partial charge >= 0.3 is 6.03 Å². The van der Waals surface area contributed by atoms with Crippen LogP contribution >= 0.6 is 11.6 Å². The first-order valence-electron chi connectivity index (χ1n) is 8.73. The van der Waals surface area contributed by atoms with Crippen LogP contribution in [0.3, 0.4) is 0 Å². The summed E-state index contributed by atoms with van der Waals surface area (Å²) in [6, 6.07) is 10.2. The van der Waals surface area contributed by atoms with Gasteiger partial charge in [-0.1, -0.05) is 36.7 Å². The Morgan fingerprint density at radius 1 is 1.25 bits per heavy atom. The van der Waals surface area contributed by atoms with Gasteiger partial charge in [-0.15, -0.1) is 0 Å². The number of nitrogens with one attached hydrogen (secondary N) is 2. The van der Waals surface area contributed by atoms with Crippen molar-refractivity contribution in [1.82, 2.24) is 10.2 Å². The lowest BCUT2D eigenvalue weighted by Crippen LogP contribution is -2.42. The second-order valence-electron chi connectivity index (χ2n) is 6.67. The minimum absolute atomic E-state index is 0.0128. The zero-order valence-corrected chi connectivity index (χ0v) is 16.1. The molecule has 1 fully saturated rings. The van der Waals surface area contributed by atoms with Crippen LogP contribution < -0.4 is 10.6 Å². The fourth-order valence-electron chi connectivity index (χ4n) is 3.13. The van der Waals surface area contributed by atoms with Crippen LogP contribution in [0.1, 0.15) is 25.0 Å². The second-order valence-corrected chi connectivity index (χ2v) is 7.08. The van der Waals surface area contributed by atoms with Gasteiger partial charge in [-0.2, -0.15) is 0 Å². The Morgan fingerprint density at radius 2 is 2.00 bits per heavy atom. The Balaban J connectivity index is 1.77. The molecule has 1 heterocycles. The molecule has 0 bridgehead atoms. The van der Waals surface area contributed by atoms with E-state index in [0.717, 1.165) is 29.0 Å². The quantitative estimate of drug-likeness (QED) is 0.750. The van der Waals surface area contributed by atoms with Crippen LogP contribution in [-0.4, -0.2) is 29.3 Å². The summed E-state index contributed by atoms with van der Waals surface area (Å²) in [5, 5.41) is 5.24. The van der Waals surface area contributed by atoms with Gasteiger partial charge in [0.1, 0.15) is 17.9 Å². The van der Waals surface area contributed by atoms with Crippen LogP contribution in [0.2, 0.25) is 5.02 Å². The molecule has 146 valence electrons. The lowest BCUT2D eigenvalue weighted by atomic mass is 9.92. The lowest BCUT2D eigenvalue weighted by molar-refractivity contribution is -0.133. The van der Waals surface area contributed by atoms with E-state index in [2.05, 4.69) is 10.6 Å². The third kappa shape index (κ3) is 3.71. The molecular weight excluding hydrogens is 385 g/mol. The summed E-state index contributed by atoms with van der Waals surface area (Å²) in [5.74, 6) is -1.70. The zero-order chi connectivity index (χ0) is 20.5. The summed E-state index contributed by atoms with van der Waals surface area (Å²) in [6.45, 7) is 3.01. The molecule has 0 spiro atoms. The van der Waals surface area contributed by atoms with Crippen molar-refractivity contribution in [2.45, 2.75) is 25.8 Å². The maximum absolute atomic E-state index is 13.3. The van der Waals surface area contributed by atoms with Gasteiger partial charge in [0.2, 0.25) is 5.91 Å². The van der Waals surface area contributed by atoms with Crippen LogP contribution in [0, 0.1) is 5.82 Å². The Labute approximate surface area is 166 Å². The summed E-state index contributed by atoms with van der Waals surface area (Å²) in [6.07, 6.45) is 0.813. The van der Waals surface area contributed by atoms with Crippen molar-refractivity contribution in [2.24, 2.45) is 0 Å². The Morgan fingerprint density at radius 3 is 2.68 bits per heavy atom. The number of halogens is 2. The zero-order valence-electron chi connectivity index (χ0n) is 15.4. The standard InChI is InChI=1S/C20H19ClFN3O3/c1-3-12-5-4-6-14(9-12)23-17(26)11-25-18(27)20(2,24-19(25)28)15-8-7-13(22)10-16(15)21/h4-10H,3,11H2,1-2H3,(H,23,26)(H,24,28). The maximum atomic E-state index is 13.3. The van der Waals surface area contributed by atoms with Crippen molar-refractivity contribution in [3.63, 3.8) is 0 Å². The monoisotopic (exact) mass is 403 g/mol. The van der Waals surface area contributed by atoms with E-state index in [9.17, 15) is 18.8 Å². The highest BCUT2D eigenvalue weighted by atomic mass is 35.5. The highest BCUT2D eigenvalue weighted by Crippen LogP contribution is 2.33. The molecule has 0 aromatic heterocycles. The number of urea groups is 1. The highest BCUT2D eigenvalue weighted by molar-refractivity contribution is 6.32. The van der Waals surface area contributed by atoms with Gasteiger partial charge in [-0.3, -0.25) is 14.5 Å². The molecule has 8 heteroatoms.